The molecule has 122 valence electrons. The molecule has 1 aromatic rings. The zero-order valence-electron chi connectivity index (χ0n) is 12.2. The van der Waals surface area contributed by atoms with Gasteiger partial charge in [-0.15, -0.1) is 0 Å². The van der Waals surface area contributed by atoms with Gasteiger partial charge in [-0.3, -0.25) is 9.78 Å². The Morgan fingerprint density at radius 3 is 2.95 bits per heavy atom. The Hall–Kier alpha value is -1.63. The van der Waals surface area contributed by atoms with Crippen LogP contribution in [0.4, 0.5) is 13.2 Å². The number of nitrogens with zero attached hydrogens (tertiary/aromatic N) is 2. The first-order valence-corrected chi connectivity index (χ1v) is 7.29. The molecular weight excluding hydrogens is 297 g/mol. The van der Waals surface area contributed by atoms with E-state index < -0.39 is 24.9 Å². The molecule has 1 saturated heterocycles. The summed E-state index contributed by atoms with van der Waals surface area (Å²) in [7, 11) is 0. The molecule has 0 spiro atoms. The average molecular weight is 316 g/mol. The number of aromatic nitrogens is 1. The number of hydrogen-bond donors (Lipinski definition) is 0. The van der Waals surface area contributed by atoms with Crippen LogP contribution in [0.1, 0.15) is 31.2 Å². The lowest BCUT2D eigenvalue weighted by Crippen LogP contribution is -2.43. The third-order valence-corrected chi connectivity index (χ3v) is 3.56. The molecular formula is C15H19F3N2O2. The highest BCUT2D eigenvalue weighted by Crippen LogP contribution is 2.23. The molecule has 4 nitrogen and oxygen atoms in total. The van der Waals surface area contributed by atoms with Gasteiger partial charge >= 0.3 is 6.18 Å². The van der Waals surface area contributed by atoms with Crippen LogP contribution in [0.25, 0.3) is 0 Å². The zero-order valence-corrected chi connectivity index (χ0v) is 12.2. The molecule has 0 aromatic carbocycles. The van der Waals surface area contributed by atoms with Gasteiger partial charge in [-0.05, 0) is 24.5 Å². The van der Waals surface area contributed by atoms with Crippen molar-refractivity contribution in [2.45, 2.75) is 44.6 Å². The van der Waals surface area contributed by atoms with E-state index in [4.69, 9.17) is 4.74 Å². The van der Waals surface area contributed by atoms with Crippen molar-refractivity contribution < 1.29 is 22.7 Å². The number of ether oxygens (including phenoxy) is 1. The zero-order chi connectivity index (χ0) is 16.0. The van der Waals surface area contributed by atoms with Gasteiger partial charge in [-0.1, -0.05) is 6.07 Å². The number of piperidine rings is 1. The van der Waals surface area contributed by atoms with Gasteiger partial charge in [0.05, 0.1) is 19.1 Å². The lowest BCUT2D eigenvalue weighted by molar-refractivity contribution is -0.151. The van der Waals surface area contributed by atoms with E-state index in [-0.39, 0.29) is 6.10 Å². The number of hydrogen-bond acceptors (Lipinski definition) is 3. The summed E-state index contributed by atoms with van der Waals surface area (Å²) in [5, 5.41) is 0. The second kappa shape index (κ2) is 7.58. The van der Waals surface area contributed by atoms with E-state index in [2.05, 4.69) is 4.98 Å². The lowest BCUT2D eigenvalue weighted by Gasteiger charge is -2.32. The summed E-state index contributed by atoms with van der Waals surface area (Å²) >= 11 is 0. The Balaban J connectivity index is 1.77. The van der Waals surface area contributed by atoms with Gasteiger partial charge in [0.15, 0.2) is 0 Å². The number of pyridine rings is 1. The van der Waals surface area contributed by atoms with Crippen LogP contribution < -0.4 is 0 Å². The van der Waals surface area contributed by atoms with E-state index in [0.29, 0.717) is 19.7 Å². The minimum Gasteiger partial charge on any atom is -0.372 e. The molecule has 0 aliphatic carbocycles. The topological polar surface area (TPSA) is 42.4 Å². The van der Waals surface area contributed by atoms with Crippen LogP contribution in [0.5, 0.6) is 0 Å². The summed E-state index contributed by atoms with van der Waals surface area (Å²) in [5.41, 5.74) is 0.933. The fourth-order valence-electron chi connectivity index (χ4n) is 2.41. The summed E-state index contributed by atoms with van der Waals surface area (Å²) < 4.78 is 42.2. The SMILES string of the molecule is O=C(CCC(F)(F)F)N1CCC[C@H](OCc2cccnc2)C1. The number of rotatable bonds is 5. The smallest absolute Gasteiger partial charge is 0.372 e. The Kier molecular flexibility index (Phi) is 5.76. The standard InChI is InChI=1S/C15H19F3N2O2/c16-15(17,18)6-5-14(21)20-8-2-4-13(10-20)22-11-12-3-1-7-19-9-12/h1,3,7,9,13H,2,4-6,8,10-11H2/t13-/m0/s1. The Bertz CT molecular complexity index is 479. The largest absolute Gasteiger partial charge is 0.389 e. The van der Waals surface area contributed by atoms with Gasteiger partial charge in [0.2, 0.25) is 5.91 Å². The van der Waals surface area contributed by atoms with Crippen LogP contribution >= 0.6 is 0 Å². The van der Waals surface area contributed by atoms with Crippen molar-refractivity contribution in [3.8, 4) is 0 Å². The Labute approximate surface area is 127 Å². The second-order valence-corrected chi connectivity index (χ2v) is 5.39. The van der Waals surface area contributed by atoms with E-state index >= 15 is 0 Å². The molecule has 2 rings (SSSR count). The highest BCUT2D eigenvalue weighted by Gasteiger charge is 2.30. The Morgan fingerprint density at radius 1 is 1.45 bits per heavy atom. The van der Waals surface area contributed by atoms with E-state index in [1.54, 1.807) is 12.4 Å². The number of alkyl halides is 3. The van der Waals surface area contributed by atoms with Gasteiger partial charge < -0.3 is 9.64 Å². The van der Waals surface area contributed by atoms with Crippen molar-refractivity contribution >= 4 is 5.91 Å². The molecule has 0 saturated carbocycles. The van der Waals surface area contributed by atoms with Crippen molar-refractivity contribution in [1.29, 1.82) is 0 Å². The van der Waals surface area contributed by atoms with Crippen LogP contribution in [0, 0.1) is 0 Å². The first kappa shape index (κ1) is 16.7. The lowest BCUT2D eigenvalue weighted by atomic mass is 10.1. The van der Waals surface area contributed by atoms with Crippen LogP contribution in [-0.4, -0.2) is 41.2 Å². The maximum Gasteiger partial charge on any atom is 0.389 e. The van der Waals surface area contributed by atoms with E-state index in [1.165, 1.54) is 4.90 Å². The summed E-state index contributed by atoms with van der Waals surface area (Å²) in [6.07, 6.45) is -1.05. The molecule has 1 aliphatic rings. The average Bonchev–Trinajstić information content (AvgIpc) is 2.51. The number of halogens is 3. The van der Waals surface area contributed by atoms with E-state index in [0.717, 1.165) is 18.4 Å². The van der Waals surface area contributed by atoms with Gasteiger partial charge in [0, 0.05) is 31.9 Å². The third kappa shape index (κ3) is 5.63. The van der Waals surface area contributed by atoms with Crippen molar-refractivity contribution in [2.75, 3.05) is 13.1 Å². The normalized spacial score (nSPS) is 19.2. The van der Waals surface area contributed by atoms with E-state index in [9.17, 15) is 18.0 Å². The highest BCUT2D eigenvalue weighted by molar-refractivity contribution is 5.76. The predicted octanol–water partition coefficient (Wildman–Crippen LogP) is 2.93. The molecule has 2 heterocycles. The number of carbonyl (C=O) groups excluding carboxylic acids is 1. The summed E-state index contributed by atoms with van der Waals surface area (Å²) in [6, 6.07) is 3.70. The van der Waals surface area contributed by atoms with Crippen LogP contribution in [0.15, 0.2) is 24.5 Å². The maximum absolute atomic E-state index is 12.2. The molecule has 7 heteroatoms. The molecule has 1 aromatic heterocycles. The van der Waals surface area contributed by atoms with Crippen molar-refractivity contribution in [1.82, 2.24) is 9.88 Å². The van der Waals surface area contributed by atoms with Crippen LogP contribution in [0.3, 0.4) is 0 Å². The fraction of sp³-hybridized carbons (Fsp3) is 0.600. The van der Waals surface area contributed by atoms with Gasteiger partial charge in [-0.25, -0.2) is 0 Å². The summed E-state index contributed by atoms with van der Waals surface area (Å²) in [4.78, 5) is 17.3. The molecule has 1 amide bonds. The number of amides is 1. The van der Waals surface area contributed by atoms with Crippen LogP contribution in [-0.2, 0) is 16.1 Å². The molecule has 1 aliphatic heterocycles. The predicted molar refractivity (Wildman–Crippen MR) is 73.9 cm³/mol. The van der Waals surface area contributed by atoms with Gasteiger partial charge in [-0.2, -0.15) is 13.2 Å². The minimum atomic E-state index is -4.29. The molecule has 22 heavy (non-hydrogen) atoms. The van der Waals surface area contributed by atoms with Crippen molar-refractivity contribution in [3.05, 3.63) is 30.1 Å². The quantitative estimate of drug-likeness (QED) is 0.839. The van der Waals surface area contributed by atoms with Crippen LogP contribution in [0.2, 0.25) is 0 Å². The third-order valence-electron chi connectivity index (χ3n) is 3.56. The molecule has 1 fully saturated rings. The summed E-state index contributed by atoms with van der Waals surface area (Å²) in [5.74, 6) is -0.452. The van der Waals surface area contributed by atoms with Gasteiger partial charge in [0.1, 0.15) is 0 Å². The number of carbonyl (C=O) groups is 1. The monoisotopic (exact) mass is 316 g/mol. The van der Waals surface area contributed by atoms with Crippen molar-refractivity contribution in [2.24, 2.45) is 0 Å². The Morgan fingerprint density at radius 2 is 2.27 bits per heavy atom. The first-order valence-electron chi connectivity index (χ1n) is 7.29. The molecule has 0 bridgehead atoms. The first-order chi connectivity index (χ1) is 10.4. The summed E-state index contributed by atoms with van der Waals surface area (Å²) in [6.45, 7) is 1.25. The minimum absolute atomic E-state index is 0.135. The molecule has 0 unspecified atom stereocenters. The molecule has 0 radical (unpaired) electrons. The molecule has 0 N–H and O–H groups in total. The number of likely N-dealkylation sites (tertiary alicyclic amines) is 1. The highest BCUT2D eigenvalue weighted by atomic mass is 19.4. The van der Waals surface area contributed by atoms with E-state index in [1.807, 2.05) is 12.1 Å². The van der Waals surface area contributed by atoms with Crippen molar-refractivity contribution in [3.63, 3.8) is 0 Å². The van der Waals surface area contributed by atoms with Gasteiger partial charge in [0.25, 0.3) is 0 Å². The maximum atomic E-state index is 12.2. The second-order valence-electron chi connectivity index (χ2n) is 5.39. The fourth-order valence-corrected chi connectivity index (χ4v) is 2.41. The molecule has 1 atom stereocenters.